The fraction of sp³-hybridized carbons (Fsp3) is 0.222. The van der Waals surface area contributed by atoms with Crippen LogP contribution < -0.4 is 8.77 Å². The van der Waals surface area contributed by atoms with Gasteiger partial charge in [-0.2, -0.15) is 0 Å². The van der Waals surface area contributed by atoms with Gasteiger partial charge in [0, 0.05) is 0 Å². The Kier molecular flexibility index (Phi) is 3.45. The summed E-state index contributed by atoms with van der Waals surface area (Å²) in [6.45, 7) is 5.05. The van der Waals surface area contributed by atoms with Gasteiger partial charge in [0.15, 0.2) is 0 Å². The van der Waals surface area contributed by atoms with Crippen molar-refractivity contribution >= 4 is 41.3 Å². The molecule has 0 saturated carbocycles. The van der Waals surface area contributed by atoms with Crippen molar-refractivity contribution in [2.75, 3.05) is 0 Å². The minimum absolute atomic E-state index is 1.50. The molecule has 0 nitrogen and oxygen atoms in total. The molecule has 0 amide bonds. The van der Waals surface area contributed by atoms with Crippen molar-refractivity contribution in [1.29, 1.82) is 0 Å². The van der Waals surface area contributed by atoms with Crippen LogP contribution in [0.1, 0.15) is 5.56 Å². The van der Waals surface area contributed by atoms with Crippen LogP contribution >= 0.6 is 0 Å². The molecule has 2 aromatic carbocycles. The van der Waals surface area contributed by atoms with Gasteiger partial charge in [-0.1, -0.05) is 0 Å². The molecule has 0 spiro atoms. The van der Waals surface area contributed by atoms with Gasteiger partial charge in [0.05, 0.1) is 0 Å². The molecule has 0 radical (unpaired) electrons. The third kappa shape index (κ3) is 2.11. The van der Waals surface area contributed by atoms with Gasteiger partial charge in [0.25, 0.3) is 0 Å². The summed E-state index contributed by atoms with van der Waals surface area (Å²) in [5.41, 5.74) is 1.50. The zero-order valence-electron chi connectivity index (χ0n) is 12.8. The summed E-state index contributed by atoms with van der Waals surface area (Å²) in [4.78, 5) is 5.17. The zero-order chi connectivity index (χ0) is 14.4. The predicted molar refractivity (Wildman–Crippen MR) is 95.1 cm³/mol. The summed E-state index contributed by atoms with van der Waals surface area (Å²) in [5.74, 6) is 0. The number of hydrogen-bond donors (Lipinski definition) is 0. The normalized spacial score (nSPS) is 16.7. The van der Waals surface area contributed by atoms with E-state index in [1.54, 1.807) is 8.77 Å². The molecular weight excluding hydrogens is 363 g/mol. The van der Waals surface area contributed by atoms with E-state index in [1.807, 2.05) is 3.21 Å². The summed E-state index contributed by atoms with van der Waals surface area (Å²) in [6, 6.07) is 20.2. The van der Waals surface area contributed by atoms with Crippen LogP contribution in [0.2, 0.25) is 23.0 Å². The Hall–Kier alpha value is -0.804. The van der Waals surface area contributed by atoms with Crippen LogP contribution in [0.25, 0.3) is 6.08 Å². The quantitative estimate of drug-likeness (QED) is 0.692. The molecule has 0 unspecified atom stereocenters. The second-order valence-electron chi connectivity index (χ2n) is 6.76. The van der Waals surface area contributed by atoms with Gasteiger partial charge in [-0.3, -0.25) is 0 Å². The Balaban J connectivity index is 2.13. The molecule has 2 heteroatoms. The second-order valence-corrected chi connectivity index (χ2v) is 24.9. The summed E-state index contributed by atoms with van der Waals surface area (Å²) in [6.07, 6.45) is 2.55. The number of fused-ring (bicyclic) bond motifs is 1. The number of rotatable bonds is 2. The number of hydrogen-bond acceptors (Lipinski definition) is 0. The van der Waals surface area contributed by atoms with E-state index >= 15 is 0 Å². The molecule has 1 heterocycles. The summed E-state index contributed by atoms with van der Waals surface area (Å²) in [5, 5.41) is 1.57. The van der Waals surface area contributed by atoms with E-state index in [9.17, 15) is 0 Å². The summed E-state index contributed by atoms with van der Waals surface area (Å²) >= 11 is -2.33. The third-order valence-corrected chi connectivity index (χ3v) is 27.0. The predicted octanol–water partition coefficient (Wildman–Crippen LogP) is 3.69. The molecule has 1 aliphatic heterocycles. The second kappa shape index (κ2) is 4.88. The van der Waals surface area contributed by atoms with Gasteiger partial charge in [-0.05, 0) is 0 Å². The summed E-state index contributed by atoms with van der Waals surface area (Å²) < 4.78 is 3.53. The third-order valence-electron chi connectivity index (χ3n) is 4.78. The fourth-order valence-electron chi connectivity index (χ4n) is 3.65. The molecule has 20 heavy (non-hydrogen) atoms. The van der Waals surface area contributed by atoms with Crippen molar-refractivity contribution in [1.82, 2.24) is 0 Å². The van der Waals surface area contributed by atoms with Crippen molar-refractivity contribution in [3.05, 3.63) is 63.4 Å². The van der Waals surface area contributed by atoms with Gasteiger partial charge in [-0.25, -0.2) is 0 Å². The van der Waals surface area contributed by atoms with Crippen molar-refractivity contribution < 1.29 is 0 Å². The van der Waals surface area contributed by atoms with Crippen molar-refractivity contribution in [3.8, 4) is 0 Å². The van der Waals surface area contributed by atoms with Crippen LogP contribution in [0, 0.1) is 0 Å². The maximum atomic E-state index is 2.59. The van der Waals surface area contributed by atoms with E-state index in [4.69, 9.17) is 0 Å². The van der Waals surface area contributed by atoms with Gasteiger partial charge in [-0.15, -0.1) is 0 Å². The van der Waals surface area contributed by atoms with Crippen molar-refractivity contribution in [2.24, 2.45) is 0 Å². The minimum atomic E-state index is -2.33. The average molecular weight is 385 g/mol. The first kappa shape index (κ1) is 14.1. The topological polar surface area (TPSA) is 0 Å². The van der Waals surface area contributed by atoms with Gasteiger partial charge in [0.1, 0.15) is 0 Å². The first-order valence-corrected chi connectivity index (χ1v) is 18.9. The standard InChI is InChI=1S/C16H16Si.2CH3.Sn/c1-17(2,16-11-7-4-8-12-16)14-13-15-9-5-3-6-10-15;;;/h3-9,11-13H,1-2H3;2*1H3;. The Morgan fingerprint density at radius 2 is 1.40 bits per heavy atom. The fourth-order valence-corrected chi connectivity index (χ4v) is 28.8. The van der Waals surface area contributed by atoms with Gasteiger partial charge >= 0.3 is 128 Å². The Morgan fingerprint density at radius 3 is 2.05 bits per heavy atom. The number of benzene rings is 2. The molecule has 3 rings (SSSR count). The van der Waals surface area contributed by atoms with E-state index in [1.165, 1.54) is 5.56 Å². The van der Waals surface area contributed by atoms with Crippen LogP contribution in [0.15, 0.2) is 57.8 Å². The van der Waals surface area contributed by atoms with Crippen LogP contribution in [0.5, 0.6) is 0 Å². The van der Waals surface area contributed by atoms with Crippen LogP contribution in [-0.4, -0.2) is 26.5 Å². The van der Waals surface area contributed by atoms with E-state index in [0.717, 1.165) is 0 Å². The average Bonchev–Trinajstić information content (AvgIpc) is 2.73. The van der Waals surface area contributed by atoms with Crippen LogP contribution in [0.4, 0.5) is 0 Å². The Labute approximate surface area is 127 Å². The zero-order valence-corrected chi connectivity index (χ0v) is 16.6. The van der Waals surface area contributed by atoms with Gasteiger partial charge < -0.3 is 0 Å². The van der Waals surface area contributed by atoms with Gasteiger partial charge in [0.2, 0.25) is 0 Å². The molecule has 1 aliphatic rings. The first-order valence-electron chi connectivity index (χ1n) is 7.32. The van der Waals surface area contributed by atoms with Crippen LogP contribution in [0.3, 0.4) is 0 Å². The van der Waals surface area contributed by atoms with E-state index in [0.29, 0.717) is 0 Å². The van der Waals surface area contributed by atoms with E-state index in [2.05, 4.69) is 83.6 Å². The molecule has 0 saturated heterocycles. The van der Waals surface area contributed by atoms with Crippen molar-refractivity contribution in [3.63, 3.8) is 0 Å². The summed E-state index contributed by atoms with van der Waals surface area (Å²) in [7, 11) is -1.53. The first-order chi connectivity index (χ1) is 9.44. The Bertz CT molecular complexity index is 669. The van der Waals surface area contributed by atoms with Crippen LogP contribution in [-0.2, 0) is 0 Å². The Morgan fingerprint density at radius 1 is 0.800 bits per heavy atom. The molecule has 0 atom stereocenters. The maximum absolute atomic E-state index is 2.59. The molecule has 2 aromatic rings. The molecule has 0 N–H and O–H groups in total. The SMILES string of the molecule is C[Si](C)([C]1=Cc2cccc[c]2[Sn]1([CH3])[CH3])c1ccccc1. The molecular formula is C18H22SiSn. The molecule has 102 valence electrons. The van der Waals surface area contributed by atoms with Crippen molar-refractivity contribution in [2.45, 2.75) is 23.0 Å². The van der Waals surface area contributed by atoms with E-state index in [-0.39, 0.29) is 0 Å². The monoisotopic (exact) mass is 386 g/mol. The molecule has 0 bridgehead atoms. The molecule has 0 aliphatic carbocycles. The molecule has 0 aromatic heterocycles. The molecule has 0 fully saturated rings. The van der Waals surface area contributed by atoms with E-state index < -0.39 is 26.5 Å².